The van der Waals surface area contributed by atoms with Crippen molar-refractivity contribution in [3.8, 4) is 0 Å². The van der Waals surface area contributed by atoms with E-state index in [0.29, 0.717) is 11.1 Å². The molecule has 0 saturated heterocycles. The quantitative estimate of drug-likeness (QED) is 0.778. The molecule has 0 spiro atoms. The van der Waals surface area contributed by atoms with Crippen LogP contribution in [0.5, 0.6) is 0 Å². The van der Waals surface area contributed by atoms with Crippen LogP contribution in [0.1, 0.15) is 16.7 Å². The number of hydrogen-bond acceptors (Lipinski definition) is 2. The number of carbonyl (C=O) groups is 1. The number of benzene rings is 2. The van der Waals surface area contributed by atoms with Gasteiger partial charge in [0.25, 0.3) is 0 Å². The summed E-state index contributed by atoms with van der Waals surface area (Å²) >= 11 is 0. The van der Waals surface area contributed by atoms with Crippen molar-refractivity contribution in [3.63, 3.8) is 0 Å². The second-order valence-corrected chi connectivity index (χ2v) is 4.78. The largest absolute Gasteiger partial charge is 0.457 e. The lowest BCUT2D eigenvalue weighted by Gasteiger charge is -2.06. The Balaban J connectivity index is 2.18. The van der Waals surface area contributed by atoms with Gasteiger partial charge in [-0.25, -0.2) is 9.18 Å². The summed E-state index contributed by atoms with van der Waals surface area (Å²) in [6.45, 7) is 2.18. The highest BCUT2D eigenvalue weighted by atomic mass is 19.1. The molecular weight excluding hydrogens is 255 g/mol. The lowest BCUT2D eigenvalue weighted by Crippen LogP contribution is -2.00. The van der Waals surface area contributed by atoms with E-state index in [-0.39, 0.29) is 6.61 Å². The van der Waals surface area contributed by atoms with Gasteiger partial charge in [-0.2, -0.15) is 0 Å². The van der Waals surface area contributed by atoms with E-state index in [4.69, 9.17) is 4.74 Å². The van der Waals surface area contributed by atoms with Gasteiger partial charge in [0.2, 0.25) is 0 Å². The topological polar surface area (TPSA) is 26.3 Å². The van der Waals surface area contributed by atoms with Crippen LogP contribution in [0.4, 0.5) is 4.39 Å². The maximum atomic E-state index is 13.9. The van der Waals surface area contributed by atoms with Crippen LogP contribution >= 0.6 is 0 Å². The molecule has 0 aromatic heterocycles. The number of hydrogen-bond donors (Lipinski definition) is 0. The van der Waals surface area contributed by atoms with Crippen LogP contribution in [0.15, 0.2) is 48.5 Å². The van der Waals surface area contributed by atoms with Crippen molar-refractivity contribution in [2.75, 3.05) is 6.61 Å². The predicted molar refractivity (Wildman–Crippen MR) is 75.4 cm³/mol. The third kappa shape index (κ3) is 2.11. The third-order valence-electron chi connectivity index (χ3n) is 3.40. The summed E-state index contributed by atoms with van der Waals surface area (Å²) in [4.78, 5) is 11.9. The zero-order valence-corrected chi connectivity index (χ0v) is 11.0. The molecule has 0 radical (unpaired) electrons. The first-order valence-electron chi connectivity index (χ1n) is 6.39. The number of aryl methyl sites for hydroxylation is 1. The molecule has 0 amide bonds. The maximum absolute atomic E-state index is 13.9. The summed E-state index contributed by atoms with van der Waals surface area (Å²) in [6.07, 6.45) is 0. The van der Waals surface area contributed by atoms with Crippen molar-refractivity contribution >= 4 is 17.1 Å². The predicted octanol–water partition coefficient (Wildman–Crippen LogP) is 3.60. The average Bonchev–Trinajstić information content (AvgIpc) is 2.82. The first-order chi connectivity index (χ1) is 9.66. The molecule has 2 aromatic carbocycles. The molecule has 1 heterocycles. The number of halogens is 1. The van der Waals surface area contributed by atoms with Crippen molar-refractivity contribution < 1.29 is 13.9 Å². The summed E-state index contributed by atoms with van der Waals surface area (Å²) < 4.78 is 19.0. The smallest absolute Gasteiger partial charge is 0.339 e. The standard InChI is InChI=1S/C17H13FO2/c1-11-6-8-12(9-7-11)14-10-20-17(19)16(14)13-4-2-3-5-15(13)18/h2-9H,10H2,1H3. The normalized spacial score (nSPS) is 14.6. The third-order valence-corrected chi connectivity index (χ3v) is 3.40. The molecule has 0 fully saturated rings. The van der Waals surface area contributed by atoms with Gasteiger partial charge in [0.05, 0.1) is 5.57 Å². The molecule has 2 nitrogen and oxygen atoms in total. The maximum Gasteiger partial charge on any atom is 0.339 e. The Kier molecular flexibility index (Phi) is 3.11. The number of esters is 1. The molecule has 2 aromatic rings. The Morgan fingerprint density at radius 3 is 2.45 bits per heavy atom. The van der Waals surface area contributed by atoms with Crippen molar-refractivity contribution in [1.29, 1.82) is 0 Å². The molecule has 3 rings (SSSR count). The van der Waals surface area contributed by atoms with Crippen molar-refractivity contribution in [2.24, 2.45) is 0 Å². The van der Waals surface area contributed by atoms with Crippen molar-refractivity contribution in [1.82, 2.24) is 0 Å². The SMILES string of the molecule is Cc1ccc(C2=C(c3ccccc3F)C(=O)OC2)cc1. The van der Waals surface area contributed by atoms with Gasteiger partial charge in [-0.1, -0.05) is 48.0 Å². The van der Waals surface area contributed by atoms with E-state index in [1.165, 1.54) is 6.07 Å². The highest BCUT2D eigenvalue weighted by Gasteiger charge is 2.28. The summed E-state index contributed by atoms with van der Waals surface area (Å²) in [6, 6.07) is 14.0. The van der Waals surface area contributed by atoms with Crippen molar-refractivity contribution in [3.05, 3.63) is 71.0 Å². The second kappa shape index (κ2) is 4.93. The molecule has 1 aliphatic heterocycles. The Hall–Kier alpha value is -2.42. The van der Waals surface area contributed by atoms with E-state index in [1.807, 2.05) is 31.2 Å². The van der Waals surface area contributed by atoms with Crippen LogP contribution in [-0.2, 0) is 9.53 Å². The van der Waals surface area contributed by atoms with Gasteiger partial charge in [-0.15, -0.1) is 0 Å². The molecule has 0 saturated carbocycles. The first-order valence-corrected chi connectivity index (χ1v) is 6.39. The zero-order valence-electron chi connectivity index (χ0n) is 11.0. The molecule has 20 heavy (non-hydrogen) atoms. The molecule has 0 N–H and O–H groups in total. The van der Waals surface area contributed by atoms with Gasteiger partial charge >= 0.3 is 5.97 Å². The molecule has 0 aliphatic carbocycles. The summed E-state index contributed by atoms with van der Waals surface area (Å²) in [5.41, 5.74) is 3.38. The summed E-state index contributed by atoms with van der Waals surface area (Å²) in [7, 11) is 0. The minimum Gasteiger partial charge on any atom is -0.457 e. The fourth-order valence-corrected chi connectivity index (χ4v) is 2.32. The molecule has 3 heteroatoms. The molecule has 100 valence electrons. The number of ether oxygens (including phenoxy) is 1. The van der Waals surface area contributed by atoms with E-state index in [1.54, 1.807) is 18.2 Å². The molecule has 0 bridgehead atoms. The van der Waals surface area contributed by atoms with Crippen molar-refractivity contribution in [2.45, 2.75) is 6.92 Å². The minimum atomic E-state index is -0.467. The van der Waals surface area contributed by atoms with E-state index >= 15 is 0 Å². The zero-order chi connectivity index (χ0) is 14.1. The number of cyclic esters (lactones) is 1. The first kappa shape index (κ1) is 12.6. The Morgan fingerprint density at radius 1 is 1.05 bits per heavy atom. The molecule has 0 unspecified atom stereocenters. The highest BCUT2D eigenvalue weighted by Crippen LogP contribution is 2.33. The Bertz CT molecular complexity index is 699. The number of carbonyl (C=O) groups excluding carboxylic acids is 1. The van der Waals surface area contributed by atoms with Crippen LogP contribution < -0.4 is 0 Å². The lowest BCUT2D eigenvalue weighted by molar-refractivity contribution is -0.133. The number of rotatable bonds is 2. The molecular formula is C17H13FO2. The lowest BCUT2D eigenvalue weighted by atomic mass is 9.96. The fraction of sp³-hybridized carbons (Fsp3) is 0.118. The van der Waals surface area contributed by atoms with Crippen LogP contribution in [0.3, 0.4) is 0 Å². The fourth-order valence-electron chi connectivity index (χ4n) is 2.32. The second-order valence-electron chi connectivity index (χ2n) is 4.78. The average molecular weight is 268 g/mol. The van der Waals surface area contributed by atoms with E-state index in [2.05, 4.69) is 0 Å². The Morgan fingerprint density at radius 2 is 1.75 bits per heavy atom. The van der Waals surface area contributed by atoms with E-state index in [9.17, 15) is 9.18 Å². The van der Waals surface area contributed by atoms with Gasteiger partial charge in [-0.3, -0.25) is 0 Å². The van der Waals surface area contributed by atoms with Gasteiger partial charge in [0.15, 0.2) is 0 Å². The highest BCUT2D eigenvalue weighted by molar-refractivity contribution is 6.27. The van der Waals surface area contributed by atoms with Crippen LogP contribution in [-0.4, -0.2) is 12.6 Å². The Labute approximate surface area is 116 Å². The summed E-state index contributed by atoms with van der Waals surface area (Å²) in [5.74, 6) is -0.878. The van der Waals surface area contributed by atoms with Gasteiger partial charge in [-0.05, 0) is 18.6 Å². The van der Waals surface area contributed by atoms with E-state index < -0.39 is 11.8 Å². The minimum absolute atomic E-state index is 0.186. The van der Waals surface area contributed by atoms with Gasteiger partial charge in [0.1, 0.15) is 12.4 Å². The van der Waals surface area contributed by atoms with Gasteiger partial charge < -0.3 is 4.74 Å². The van der Waals surface area contributed by atoms with E-state index in [0.717, 1.165) is 16.7 Å². The van der Waals surface area contributed by atoms with Gasteiger partial charge in [0, 0.05) is 11.1 Å². The van der Waals surface area contributed by atoms with Crippen LogP contribution in [0.25, 0.3) is 11.1 Å². The molecule has 1 aliphatic rings. The van der Waals surface area contributed by atoms with Crippen LogP contribution in [0, 0.1) is 12.7 Å². The molecule has 0 atom stereocenters. The summed E-state index contributed by atoms with van der Waals surface area (Å²) in [5, 5.41) is 0. The van der Waals surface area contributed by atoms with Crippen LogP contribution in [0.2, 0.25) is 0 Å². The monoisotopic (exact) mass is 268 g/mol.